The molecule has 0 fully saturated rings. The van der Waals surface area contributed by atoms with E-state index in [2.05, 4.69) is 4.94 Å². The zero-order valence-corrected chi connectivity index (χ0v) is 5.69. The van der Waals surface area contributed by atoms with Crippen molar-refractivity contribution in [3.63, 3.8) is 0 Å². The number of hydrogen-bond acceptors (Lipinski definition) is 2. The minimum Gasteiger partial charge on any atom is -1.00 e. The first-order valence-corrected chi connectivity index (χ1v) is 1.06. The average Bonchev–Trinajstić information content (AvgIpc) is 1.38. The van der Waals surface area contributed by atoms with Crippen molar-refractivity contribution in [1.29, 1.82) is 0 Å². The van der Waals surface area contributed by atoms with Crippen molar-refractivity contribution in [2.24, 2.45) is 0 Å². The van der Waals surface area contributed by atoms with E-state index in [1.807, 2.05) is 0 Å². The van der Waals surface area contributed by atoms with Crippen molar-refractivity contribution in [1.82, 2.24) is 0 Å². The Bertz CT molecular complexity index is 51.0. The summed E-state index contributed by atoms with van der Waals surface area (Å²) in [5.74, 6) is -0.912. The minimum absolute atomic E-state index is 0. The monoisotopic (exact) mass is 102 g/mol. The standard InChI is InChI=1S/C2H3FO2.Na.H/c1-2(4)5-3;;/h1H3;;/q;+1;-1. The number of hydrogen-bond donors (Lipinski definition) is 0. The van der Waals surface area contributed by atoms with Gasteiger partial charge in [0.1, 0.15) is 0 Å². The quantitative estimate of drug-likeness (QED) is 0.317. The summed E-state index contributed by atoms with van der Waals surface area (Å²) in [6, 6.07) is 0. The number of rotatable bonds is 0. The van der Waals surface area contributed by atoms with Crippen LogP contribution in [0, 0.1) is 0 Å². The molecule has 32 valence electrons. The molecule has 0 aromatic carbocycles. The number of carbonyl (C=O) groups is 1. The topological polar surface area (TPSA) is 26.3 Å². The molecular weight excluding hydrogens is 98.0 g/mol. The molecule has 0 atom stereocenters. The molecule has 0 spiro atoms. The third kappa shape index (κ3) is 8.83. The third-order valence-electron chi connectivity index (χ3n) is 0.109. The van der Waals surface area contributed by atoms with E-state index in [4.69, 9.17) is 0 Å². The molecule has 0 radical (unpaired) electrons. The van der Waals surface area contributed by atoms with Crippen LogP contribution in [-0.2, 0) is 9.74 Å². The van der Waals surface area contributed by atoms with Gasteiger partial charge in [-0.25, -0.2) is 4.79 Å². The predicted octanol–water partition coefficient (Wildman–Crippen LogP) is -2.45. The molecule has 0 aromatic rings. The second-order valence-electron chi connectivity index (χ2n) is 0.569. The molecule has 0 N–H and O–H groups in total. The Morgan fingerprint density at radius 1 is 2.00 bits per heavy atom. The van der Waals surface area contributed by atoms with Gasteiger partial charge in [-0.3, -0.25) is 4.94 Å². The summed E-state index contributed by atoms with van der Waals surface area (Å²) in [6.07, 6.45) is 0. The molecule has 0 rings (SSSR count). The zero-order valence-electron chi connectivity index (χ0n) is 4.69. The van der Waals surface area contributed by atoms with E-state index in [0.717, 1.165) is 6.92 Å². The van der Waals surface area contributed by atoms with Gasteiger partial charge in [0.25, 0.3) is 0 Å². The van der Waals surface area contributed by atoms with Gasteiger partial charge in [0.05, 0.1) is 0 Å². The summed E-state index contributed by atoms with van der Waals surface area (Å²) in [5.41, 5.74) is 0. The molecule has 0 aliphatic rings. The van der Waals surface area contributed by atoms with Crippen LogP contribution in [0.1, 0.15) is 8.35 Å². The fraction of sp³-hybridized carbons (Fsp3) is 0.500. The number of halogens is 1. The van der Waals surface area contributed by atoms with Crippen LogP contribution in [0.2, 0.25) is 0 Å². The molecule has 0 heterocycles. The summed E-state index contributed by atoms with van der Waals surface area (Å²) >= 11 is 0. The predicted molar refractivity (Wildman–Crippen MR) is 14.0 cm³/mol. The van der Waals surface area contributed by atoms with Gasteiger partial charge in [0, 0.05) is 11.4 Å². The van der Waals surface area contributed by atoms with Gasteiger partial charge in [-0.05, 0) is 0 Å². The molecular formula is C2H4FNaO2. The van der Waals surface area contributed by atoms with Gasteiger partial charge in [0.15, 0.2) is 0 Å². The molecule has 0 bridgehead atoms. The third-order valence-corrected chi connectivity index (χ3v) is 0.109. The summed E-state index contributed by atoms with van der Waals surface area (Å²) < 4.78 is 10.3. The van der Waals surface area contributed by atoms with E-state index < -0.39 is 5.97 Å². The molecule has 0 aliphatic heterocycles. The maximum atomic E-state index is 10.3. The van der Waals surface area contributed by atoms with Crippen molar-refractivity contribution in [3.8, 4) is 0 Å². The van der Waals surface area contributed by atoms with E-state index in [9.17, 15) is 9.32 Å². The van der Waals surface area contributed by atoms with Gasteiger partial charge in [-0.2, -0.15) is 0 Å². The van der Waals surface area contributed by atoms with Crippen molar-refractivity contribution < 1.29 is 45.2 Å². The normalized spacial score (nSPS) is 5.67. The Kier molecular flexibility index (Phi) is 8.68. The zero-order chi connectivity index (χ0) is 4.28. The Labute approximate surface area is 58.3 Å². The Morgan fingerprint density at radius 3 is 2.17 bits per heavy atom. The van der Waals surface area contributed by atoms with Gasteiger partial charge in [-0.1, -0.05) is 0 Å². The van der Waals surface area contributed by atoms with Crippen LogP contribution in [0.15, 0.2) is 0 Å². The number of carbonyl (C=O) groups excluding carboxylic acids is 1. The Morgan fingerprint density at radius 2 is 2.17 bits per heavy atom. The minimum atomic E-state index is -0.912. The second-order valence-corrected chi connectivity index (χ2v) is 0.569. The van der Waals surface area contributed by atoms with E-state index in [1.54, 1.807) is 0 Å². The molecule has 0 aromatic heterocycles. The van der Waals surface area contributed by atoms with Crippen molar-refractivity contribution in [2.45, 2.75) is 6.92 Å². The van der Waals surface area contributed by atoms with Crippen molar-refractivity contribution in [2.75, 3.05) is 0 Å². The van der Waals surface area contributed by atoms with E-state index in [-0.39, 0.29) is 31.0 Å². The SMILES string of the molecule is CC(=O)OF.[H-].[Na+]. The van der Waals surface area contributed by atoms with Crippen molar-refractivity contribution in [3.05, 3.63) is 0 Å². The van der Waals surface area contributed by atoms with Crippen LogP contribution < -0.4 is 29.6 Å². The molecule has 2 nitrogen and oxygen atoms in total. The summed E-state index contributed by atoms with van der Waals surface area (Å²) in [6.45, 7) is 0.986. The molecule has 6 heavy (non-hydrogen) atoms. The first-order valence-electron chi connectivity index (χ1n) is 1.06. The molecule has 0 amide bonds. The Hall–Kier alpha value is 0.400. The van der Waals surface area contributed by atoms with Gasteiger partial charge < -0.3 is 1.43 Å². The molecule has 4 heteroatoms. The van der Waals surface area contributed by atoms with Gasteiger partial charge in [0.2, 0.25) is 0 Å². The molecule has 0 aliphatic carbocycles. The first-order chi connectivity index (χ1) is 2.27. The van der Waals surface area contributed by atoms with Crippen molar-refractivity contribution >= 4 is 5.97 Å². The average molecular weight is 102 g/mol. The van der Waals surface area contributed by atoms with E-state index in [1.165, 1.54) is 0 Å². The fourth-order valence-corrected chi connectivity index (χ4v) is 0. The van der Waals surface area contributed by atoms with Gasteiger partial charge in [-0.15, -0.1) is 0 Å². The smallest absolute Gasteiger partial charge is 1.00 e. The van der Waals surface area contributed by atoms with E-state index >= 15 is 0 Å². The van der Waals surface area contributed by atoms with Crippen LogP contribution in [0.5, 0.6) is 0 Å². The van der Waals surface area contributed by atoms with Crippen LogP contribution in [0.3, 0.4) is 0 Å². The van der Waals surface area contributed by atoms with Crippen LogP contribution in [0.25, 0.3) is 0 Å². The maximum Gasteiger partial charge on any atom is 1.00 e. The summed E-state index contributed by atoms with van der Waals surface area (Å²) in [7, 11) is 0. The molecule has 0 unspecified atom stereocenters. The first kappa shape index (κ1) is 9.64. The molecule has 0 saturated carbocycles. The van der Waals surface area contributed by atoms with Crippen LogP contribution in [-0.4, -0.2) is 5.97 Å². The van der Waals surface area contributed by atoms with Crippen LogP contribution in [0.4, 0.5) is 4.53 Å². The second kappa shape index (κ2) is 5.40. The maximum absolute atomic E-state index is 10.3. The van der Waals surface area contributed by atoms with Crippen LogP contribution >= 0.6 is 0 Å². The summed E-state index contributed by atoms with van der Waals surface area (Å²) in [4.78, 5) is 11.8. The van der Waals surface area contributed by atoms with E-state index in [0.29, 0.717) is 0 Å². The Balaban J connectivity index is -0.0000000800. The van der Waals surface area contributed by atoms with Gasteiger partial charge >= 0.3 is 35.5 Å². The largest absolute Gasteiger partial charge is 1.00 e. The fourth-order valence-electron chi connectivity index (χ4n) is 0. The summed E-state index contributed by atoms with van der Waals surface area (Å²) in [5, 5.41) is 0. The molecule has 0 saturated heterocycles.